The zero-order valence-corrected chi connectivity index (χ0v) is 8.51. The molecule has 2 nitrogen and oxygen atoms in total. The first-order chi connectivity index (χ1) is 7.88. The Bertz CT molecular complexity index is 566. The molecule has 2 rings (SSSR count). The van der Waals surface area contributed by atoms with Gasteiger partial charge in [0.25, 0.3) is 0 Å². The number of aromatic nitrogens is 1. The average molecular weight is 204 g/mol. The van der Waals surface area contributed by atoms with Gasteiger partial charge in [-0.15, -0.1) is 0 Å². The van der Waals surface area contributed by atoms with E-state index in [0.29, 0.717) is 5.56 Å². The summed E-state index contributed by atoms with van der Waals surface area (Å²) >= 11 is 0. The zero-order valence-electron chi connectivity index (χ0n) is 8.51. The van der Waals surface area contributed by atoms with Gasteiger partial charge in [-0.1, -0.05) is 12.0 Å². The number of pyridine rings is 1. The summed E-state index contributed by atoms with van der Waals surface area (Å²) in [6.07, 6.45) is 1.71. The molecule has 1 heterocycles. The van der Waals surface area contributed by atoms with Gasteiger partial charge in [-0.2, -0.15) is 5.26 Å². The normalized spacial score (nSPS) is 8.69. The number of rotatable bonds is 0. The van der Waals surface area contributed by atoms with Gasteiger partial charge in [-0.05, 0) is 42.3 Å². The number of hydrogen-bond donors (Lipinski definition) is 0. The lowest BCUT2D eigenvalue weighted by Gasteiger charge is -1.90. The van der Waals surface area contributed by atoms with E-state index in [1.807, 2.05) is 30.3 Å². The third kappa shape index (κ3) is 2.47. The van der Waals surface area contributed by atoms with Gasteiger partial charge >= 0.3 is 0 Å². The predicted octanol–water partition coefficient (Wildman–Crippen LogP) is 2.35. The molecule has 0 N–H and O–H groups in total. The molecule has 0 fully saturated rings. The van der Waals surface area contributed by atoms with E-state index < -0.39 is 0 Å². The first-order valence-corrected chi connectivity index (χ1v) is 4.82. The maximum atomic E-state index is 8.64. The summed E-state index contributed by atoms with van der Waals surface area (Å²) in [6, 6.07) is 14.8. The van der Waals surface area contributed by atoms with E-state index in [-0.39, 0.29) is 0 Å². The Balaban J connectivity index is 2.22. The van der Waals surface area contributed by atoms with Gasteiger partial charge in [0.15, 0.2) is 0 Å². The van der Waals surface area contributed by atoms with Crippen molar-refractivity contribution in [3.8, 4) is 17.9 Å². The summed E-state index contributed by atoms with van der Waals surface area (Å²) in [5.74, 6) is 5.94. The molecular formula is C14H8N2. The van der Waals surface area contributed by atoms with Crippen LogP contribution in [0.2, 0.25) is 0 Å². The largest absolute Gasteiger partial charge is 0.248 e. The second-order valence-electron chi connectivity index (χ2n) is 3.15. The topological polar surface area (TPSA) is 36.7 Å². The molecule has 2 heteroatoms. The third-order valence-electron chi connectivity index (χ3n) is 2.01. The number of nitriles is 1. The smallest absolute Gasteiger partial charge is 0.113 e. The minimum Gasteiger partial charge on any atom is -0.248 e. The van der Waals surface area contributed by atoms with E-state index >= 15 is 0 Å². The van der Waals surface area contributed by atoms with Gasteiger partial charge in [0.05, 0.1) is 11.6 Å². The lowest BCUT2D eigenvalue weighted by molar-refractivity contribution is 1.29. The van der Waals surface area contributed by atoms with Crippen molar-refractivity contribution in [2.75, 3.05) is 0 Å². The van der Waals surface area contributed by atoms with Crippen LogP contribution in [0.4, 0.5) is 0 Å². The number of benzene rings is 1. The molecule has 1 aromatic heterocycles. The molecule has 16 heavy (non-hydrogen) atoms. The second-order valence-corrected chi connectivity index (χ2v) is 3.15. The van der Waals surface area contributed by atoms with Crippen LogP contribution in [0, 0.1) is 23.2 Å². The highest BCUT2D eigenvalue weighted by Gasteiger charge is 1.89. The summed E-state index contributed by atoms with van der Waals surface area (Å²) in [6.45, 7) is 0. The predicted molar refractivity (Wildman–Crippen MR) is 61.4 cm³/mol. The molecule has 1 aromatic carbocycles. The molecule has 0 radical (unpaired) electrons. The first-order valence-electron chi connectivity index (χ1n) is 4.82. The Labute approximate surface area is 94.2 Å². The Morgan fingerprint density at radius 1 is 0.875 bits per heavy atom. The van der Waals surface area contributed by atoms with Crippen molar-refractivity contribution in [1.82, 2.24) is 4.98 Å². The van der Waals surface area contributed by atoms with Crippen molar-refractivity contribution < 1.29 is 0 Å². The van der Waals surface area contributed by atoms with Crippen molar-refractivity contribution in [3.05, 3.63) is 65.5 Å². The summed E-state index contributed by atoms with van der Waals surface area (Å²) in [7, 11) is 0. The summed E-state index contributed by atoms with van der Waals surface area (Å²) in [5.41, 5.74) is 2.26. The summed E-state index contributed by atoms with van der Waals surface area (Å²) in [5, 5.41) is 8.64. The molecule has 0 amide bonds. The van der Waals surface area contributed by atoms with Crippen LogP contribution in [0.5, 0.6) is 0 Å². The molecule has 0 atom stereocenters. The van der Waals surface area contributed by atoms with Crippen molar-refractivity contribution in [1.29, 1.82) is 5.26 Å². The van der Waals surface area contributed by atoms with Crippen LogP contribution >= 0.6 is 0 Å². The van der Waals surface area contributed by atoms with Gasteiger partial charge in [-0.3, -0.25) is 0 Å². The highest BCUT2D eigenvalue weighted by Crippen LogP contribution is 2.01. The highest BCUT2D eigenvalue weighted by molar-refractivity contribution is 5.42. The standard InChI is InChI=1S/C14H8N2/c15-11-13-6-4-12(5-7-13)8-9-14-3-1-2-10-16-14/h1-7,10H. The molecule has 0 spiro atoms. The molecule has 2 aromatic rings. The Hall–Kier alpha value is -2.58. The molecule has 0 aliphatic carbocycles. The number of nitrogens with zero attached hydrogens (tertiary/aromatic N) is 2. The molecule has 74 valence electrons. The fourth-order valence-corrected chi connectivity index (χ4v) is 1.20. The van der Waals surface area contributed by atoms with E-state index in [1.54, 1.807) is 18.3 Å². The second kappa shape index (κ2) is 4.77. The number of hydrogen-bond acceptors (Lipinski definition) is 2. The molecule has 0 saturated heterocycles. The maximum Gasteiger partial charge on any atom is 0.113 e. The molecule has 0 saturated carbocycles. The van der Waals surface area contributed by atoms with Crippen molar-refractivity contribution in [2.24, 2.45) is 0 Å². The first kappa shape index (κ1) is 9.96. The fourth-order valence-electron chi connectivity index (χ4n) is 1.20. The SMILES string of the molecule is N#Cc1ccc(C#Cc2ccccn2)cc1. The lowest BCUT2D eigenvalue weighted by atomic mass is 10.1. The van der Waals surface area contributed by atoms with Crippen LogP contribution in [0.3, 0.4) is 0 Å². The minimum absolute atomic E-state index is 0.642. The van der Waals surface area contributed by atoms with Gasteiger partial charge in [0.1, 0.15) is 5.69 Å². The van der Waals surface area contributed by atoms with Gasteiger partial charge < -0.3 is 0 Å². The Morgan fingerprint density at radius 3 is 2.25 bits per heavy atom. The Morgan fingerprint density at radius 2 is 1.62 bits per heavy atom. The van der Waals surface area contributed by atoms with Crippen molar-refractivity contribution in [3.63, 3.8) is 0 Å². The van der Waals surface area contributed by atoms with Crippen LogP contribution in [0.1, 0.15) is 16.8 Å². The van der Waals surface area contributed by atoms with Gasteiger partial charge in [0.2, 0.25) is 0 Å². The highest BCUT2D eigenvalue weighted by atomic mass is 14.6. The molecular weight excluding hydrogens is 196 g/mol. The zero-order chi connectivity index (χ0) is 11.2. The van der Waals surface area contributed by atoms with Gasteiger partial charge in [-0.25, -0.2) is 4.98 Å². The lowest BCUT2D eigenvalue weighted by Crippen LogP contribution is -1.80. The van der Waals surface area contributed by atoms with E-state index in [4.69, 9.17) is 5.26 Å². The van der Waals surface area contributed by atoms with Crippen molar-refractivity contribution >= 4 is 0 Å². The summed E-state index contributed by atoms with van der Waals surface area (Å²) in [4.78, 5) is 4.10. The molecule has 0 aliphatic heterocycles. The maximum absolute atomic E-state index is 8.64. The summed E-state index contributed by atoms with van der Waals surface area (Å²) < 4.78 is 0. The van der Waals surface area contributed by atoms with Crippen LogP contribution in [-0.2, 0) is 0 Å². The van der Waals surface area contributed by atoms with Crippen molar-refractivity contribution in [2.45, 2.75) is 0 Å². The van der Waals surface area contributed by atoms with E-state index in [2.05, 4.69) is 22.9 Å². The molecule has 0 unspecified atom stereocenters. The van der Waals surface area contributed by atoms with E-state index in [0.717, 1.165) is 11.3 Å². The van der Waals surface area contributed by atoms with Gasteiger partial charge in [0, 0.05) is 11.8 Å². The fraction of sp³-hybridized carbons (Fsp3) is 0. The van der Waals surface area contributed by atoms with Crippen LogP contribution < -0.4 is 0 Å². The van der Waals surface area contributed by atoms with E-state index in [1.165, 1.54) is 0 Å². The Kier molecular flexibility index (Phi) is 2.97. The van der Waals surface area contributed by atoms with Crippen LogP contribution in [-0.4, -0.2) is 4.98 Å². The van der Waals surface area contributed by atoms with Crippen LogP contribution in [0.25, 0.3) is 0 Å². The monoisotopic (exact) mass is 204 g/mol. The molecule has 0 bridgehead atoms. The average Bonchev–Trinajstić information content (AvgIpc) is 2.38. The third-order valence-corrected chi connectivity index (χ3v) is 2.01. The molecule has 0 aliphatic rings. The quantitative estimate of drug-likeness (QED) is 0.617. The van der Waals surface area contributed by atoms with Crippen LogP contribution in [0.15, 0.2) is 48.7 Å². The minimum atomic E-state index is 0.642. The van der Waals surface area contributed by atoms with E-state index in [9.17, 15) is 0 Å².